The molecule has 4 nitrogen and oxygen atoms in total. The molecule has 0 aromatic heterocycles. The first-order valence-electron chi connectivity index (χ1n) is 7.78. The average molecular weight is 292 g/mol. The quantitative estimate of drug-likeness (QED) is 0.761. The van der Waals surface area contributed by atoms with Gasteiger partial charge in [-0.2, -0.15) is 0 Å². The van der Waals surface area contributed by atoms with Crippen LogP contribution in [0.3, 0.4) is 0 Å². The van der Waals surface area contributed by atoms with E-state index in [4.69, 9.17) is 10.5 Å². The molecular weight excluding hydrogens is 264 g/mol. The van der Waals surface area contributed by atoms with Gasteiger partial charge in [-0.1, -0.05) is 32.0 Å². The molecule has 0 radical (unpaired) electrons. The minimum absolute atomic E-state index is 0.00450. The summed E-state index contributed by atoms with van der Waals surface area (Å²) in [5, 5.41) is 0. The smallest absolute Gasteiger partial charge is 0.223 e. The number of amides is 1. The molecule has 1 amide bonds. The summed E-state index contributed by atoms with van der Waals surface area (Å²) in [7, 11) is 1.65. The highest BCUT2D eigenvalue weighted by Crippen LogP contribution is 2.28. The van der Waals surface area contributed by atoms with E-state index in [1.165, 1.54) is 0 Å². The fourth-order valence-corrected chi connectivity index (χ4v) is 2.56. The van der Waals surface area contributed by atoms with E-state index in [0.29, 0.717) is 13.0 Å². The normalized spacial score (nSPS) is 12.0. The van der Waals surface area contributed by atoms with E-state index in [1.54, 1.807) is 7.11 Å². The van der Waals surface area contributed by atoms with Crippen molar-refractivity contribution >= 4 is 5.91 Å². The first-order valence-corrected chi connectivity index (χ1v) is 7.78. The first-order chi connectivity index (χ1) is 10.2. The number of carbonyl (C=O) groups is 1. The van der Waals surface area contributed by atoms with Gasteiger partial charge < -0.3 is 15.4 Å². The van der Waals surface area contributed by atoms with Gasteiger partial charge in [-0.25, -0.2) is 0 Å². The van der Waals surface area contributed by atoms with Crippen molar-refractivity contribution in [1.29, 1.82) is 0 Å². The Bertz CT molecular complexity index is 429. The van der Waals surface area contributed by atoms with Crippen LogP contribution in [0, 0.1) is 0 Å². The van der Waals surface area contributed by atoms with Crippen LogP contribution in [-0.4, -0.2) is 37.6 Å². The zero-order valence-electron chi connectivity index (χ0n) is 13.5. The Morgan fingerprint density at radius 1 is 1.24 bits per heavy atom. The summed E-state index contributed by atoms with van der Waals surface area (Å²) in [5.74, 6) is 0.989. The summed E-state index contributed by atoms with van der Waals surface area (Å²) < 4.78 is 5.38. The van der Waals surface area contributed by atoms with Gasteiger partial charge in [0.25, 0.3) is 0 Å². The number of nitrogens with two attached hydrogens (primary N) is 1. The second-order valence-corrected chi connectivity index (χ2v) is 5.26. The summed E-state index contributed by atoms with van der Waals surface area (Å²) in [6.45, 7) is 6.26. The van der Waals surface area contributed by atoms with Gasteiger partial charge in [0, 0.05) is 25.4 Å². The zero-order valence-corrected chi connectivity index (χ0v) is 13.5. The van der Waals surface area contributed by atoms with Crippen molar-refractivity contribution in [3.8, 4) is 5.75 Å². The van der Waals surface area contributed by atoms with E-state index in [0.717, 1.165) is 37.2 Å². The van der Waals surface area contributed by atoms with Gasteiger partial charge >= 0.3 is 0 Å². The van der Waals surface area contributed by atoms with Gasteiger partial charge in [0.2, 0.25) is 5.91 Å². The maximum atomic E-state index is 12.5. The number of para-hydroxylation sites is 1. The molecule has 1 rings (SSSR count). The molecule has 1 atom stereocenters. The highest BCUT2D eigenvalue weighted by Gasteiger charge is 2.21. The van der Waals surface area contributed by atoms with Gasteiger partial charge in [-0.3, -0.25) is 4.79 Å². The highest BCUT2D eigenvalue weighted by molar-refractivity contribution is 5.77. The van der Waals surface area contributed by atoms with Crippen LogP contribution in [0.15, 0.2) is 24.3 Å². The van der Waals surface area contributed by atoms with Crippen LogP contribution in [0.5, 0.6) is 5.75 Å². The molecule has 0 fully saturated rings. The zero-order chi connectivity index (χ0) is 15.7. The Morgan fingerprint density at radius 3 is 2.38 bits per heavy atom. The Balaban J connectivity index is 2.83. The number of rotatable bonds is 9. The van der Waals surface area contributed by atoms with Crippen LogP contribution in [0.25, 0.3) is 0 Å². The molecule has 0 aliphatic rings. The minimum Gasteiger partial charge on any atom is -0.496 e. The van der Waals surface area contributed by atoms with Gasteiger partial charge in [-0.05, 0) is 31.0 Å². The Morgan fingerprint density at radius 2 is 1.86 bits per heavy atom. The van der Waals surface area contributed by atoms with E-state index < -0.39 is 0 Å². The van der Waals surface area contributed by atoms with Crippen molar-refractivity contribution in [2.24, 2.45) is 5.73 Å². The Kier molecular flexibility index (Phi) is 7.83. The third-order valence-electron chi connectivity index (χ3n) is 3.62. The third kappa shape index (κ3) is 5.05. The van der Waals surface area contributed by atoms with E-state index >= 15 is 0 Å². The molecule has 4 heteroatoms. The van der Waals surface area contributed by atoms with Crippen LogP contribution in [0.2, 0.25) is 0 Å². The molecule has 2 N–H and O–H groups in total. The lowest BCUT2D eigenvalue weighted by Crippen LogP contribution is -2.34. The van der Waals surface area contributed by atoms with Crippen molar-refractivity contribution in [2.45, 2.75) is 39.0 Å². The predicted octanol–water partition coefficient (Wildman–Crippen LogP) is 2.78. The number of hydrogen-bond acceptors (Lipinski definition) is 3. The number of hydrogen-bond donors (Lipinski definition) is 1. The monoisotopic (exact) mass is 292 g/mol. The maximum absolute atomic E-state index is 12.5. The lowest BCUT2D eigenvalue weighted by Gasteiger charge is -2.25. The van der Waals surface area contributed by atoms with Crippen molar-refractivity contribution in [1.82, 2.24) is 4.90 Å². The molecule has 0 spiro atoms. The molecule has 0 saturated carbocycles. The summed E-state index contributed by atoms with van der Waals surface area (Å²) in [5.41, 5.74) is 6.92. The molecule has 0 saturated heterocycles. The fourth-order valence-electron chi connectivity index (χ4n) is 2.56. The largest absolute Gasteiger partial charge is 0.496 e. The SMILES string of the molecule is CCCN(CCC)C(=O)CC(CN)c1ccccc1OC. The van der Waals surface area contributed by atoms with Crippen LogP contribution < -0.4 is 10.5 Å². The molecule has 1 aromatic carbocycles. The van der Waals surface area contributed by atoms with E-state index in [2.05, 4.69) is 13.8 Å². The summed E-state index contributed by atoms with van der Waals surface area (Å²) >= 11 is 0. The number of methoxy groups -OCH3 is 1. The molecule has 0 aliphatic heterocycles. The second kappa shape index (κ2) is 9.40. The van der Waals surface area contributed by atoms with Crippen LogP contribution in [0.1, 0.15) is 44.6 Å². The molecule has 118 valence electrons. The van der Waals surface area contributed by atoms with Crippen molar-refractivity contribution in [3.63, 3.8) is 0 Å². The lowest BCUT2D eigenvalue weighted by molar-refractivity contribution is -0.131. The van der Waals surface area contributed by atoms with Crippen molar-refractivity contribution in [3.05, 3.63) is 29.8 Å². The van der Waals surface area contributed by atoms with Crippen LogP contribution in [-0.2, 0) is 4.79 Å². The highest BCUT2D eigenvalue weighted by atomic mass is 16.5. The summed E-state index contributed by atoms with van der Waals surface area (Å²) in [6, 6.07) is 7.80. The first kappa shape index (κ1) is 17.5. The topological polar surface area (TPSA) is 55.6 Å². The Labute approximate surface area is 128 Å². The number of benzene rings is 1. The van der Waals surface area contributed by atoms with E-state index in [9.17, 15) is 4.79 Å². The van der Waals surface area contributed by atoms with Crippen molar-refractivity contribution < 1.29 is 9.53 Å². The van der Waals surface area contributed by atoms with Gasteiger partial charge in [0.1, 0.15) is 5.75 Å². The van der Waals surface area contributed by atoms with Gasteiger partial charge in [-0.15, -0.1) is 0 Å². The molecular formula is C17H28N2O2. The molecule has 21 heavy (non-hydrogen) atoms. The standard InChI is InChI=1S/C17H28N2O2/c1-4-10-19(11-5-2)17(20)12-14(13-18)15-8-6-7-9-16(15)21-3/h6-9,14H,4-5,10-13,18H2,1-3H3. The Hall–Kier alpha value is -1.55. The van der Waals surface area contributed by atoms with Crippen molar-refractivity contribution in [2.75, 3.05) is 26.7 Å². The number of nitrogens with zero attached hydrogens (tertiary/aromatic N) is 1. The fraction of sp³-hybridized carbons (Fsp3) is 0.588. The lowest BCUT2D eigenvalue weighted by atomic mass is 9.94. The molecule has 1 aromatic rings. The number of carbonyl (C=O) groups excluding carboxylic acids is 1. The minimum atomic E-state index is 0.00450. The van der Waals surface area contributed by atoms with Crippen LogP contribution in [0.4, 0.5) is 0 Å². The van der Waals surface area contributed by atoms with E-state index in [1.807, 2.05) is 29.2 Å². The van der Waals surface area contributed by atoms with Gasteiger partial charge in [0.05, 0.1) is 7.11 Å². The third-order valence-corrected chi connectivity index (χ3v) is 3.62. The molecule has 1 unspecified atom stereocenters. The molecule has 0 heterocycles. The van der Waals surface area contributed by atoms with Gasteiger partial charge in [0.15, 0.2) is 0 Å². The average Bonchev–Trinajstić information content (AvgIpc) is 2.52. The van der Waals surface area contributed by atoms with Crippen LogP contribution >= 0.6 is 0 Å². The predicted molar refractivity (Wildman–Crippen MR) is 86.6 cm³/mol. The second-order valence-electron chi connectivity index (χ2n) is 5.26. The van der Waals surface area contributed by atoms with E-state index in [-0.39, 0.29) is 11.8 Å². The number of ether oxygens (including phenoxy) is 1. The maximum Gasteiger partial charge on any atom is 0.223 e. The molecule has 0 aliphatic carbocycles. The summed E-state index contributed by atoms with van der Waals surface area (Å²) in [4.78, 5) is 14.4. The summed E-state index contributed by atoms with van der Waals surface area (Å²) in [6.07, 6.45) is 2.40. The molecule has 0 bridgehead atoms.